The molecule has 24 heavy (non-hydrogen) atoms. The second-order valence-corrected chi connectivity index (χ2v) is 6.05. The van der Waals surface area contributed by atoms with Gasteiger partial charge in [0.15, 0.2) is 0 Å². The van der Waals surface area contributed by atoms with E-state index in [-0.39, 0.29) is 18.0 Å². The van der Waals surface area contributed by atoms with Crippen LogP contribution < -0.4 is 15.8 Å². The van der Waals surface area contributed by atoms with Gasteiger partial charge >= 0.3 is 6.03 Å². The van der Waals surface area contributed by atoms with E-state index in [4.69, 9.17) is 10.5 Å². The van der Waals surface area contributed by atoms with Crippen LogP contribution in [0.25, 0.3) is 0 Å². The van der Waals surface area contributed by atoms with Crippen LogP contribution in [0.5, 0.6) is 5.75 Å². The molecule has 0 radical (unpaired) electrons. The number of carbonyl (C=O) groups excluding carboxylic acids is 2. The fourth-order valence-electron chi connectivity index (χ4n) is 3.02. The van der Waals surface area contributed by atoms with Gasteiger partial charge in [-0.2, -0.15) is 0 Å². The zero-order chi connectivity index (χ0) is 17.7. The molecule has 3 N–H and O–H groups in total. The monoisotopic (exact) mass is 334 g/mol. The Morgan fingerprint density at radius 3 is 2.38 bits per heavy atom. The summed E-state index contributed by atoms with van der Waals surface area (Å²) in [5.74, 6) is 0.506. The van der Waals surface area contributed by atoms with Crippen LogP contribution >= 0.6 is 0 Å². The van der Waals surface area contributed by atoms with Gasteiger partial charge in [-0.1, -0.05) is 12.1 Å². The molecule has 1 aliphatic rings. The van der Waals surface area contributed by atoms with E-state index in [9.17, 15) is 9.59 Å². The zero-order valence-corrected chi connectivity index (χ0v) is 14.5. The van der Waals surface area contributed by atoms with Gasteiger partial charge in [0.2, 0.25) is 5.91 Å². The minimum atomic E-state index is -0.808. The first-order chi connectivity index (χ1) is 11.4. The molecule has 0 saturated carbocycles. The van der Waals surface area contributed by atoms with E-state index in [1.807, 2.05) is 12.1 Å². The smallest absolute Gasteiger partial charge is 0.318 e. The van der Waals surface area contributed by atoms with Crippen molar-refractivity contribution in [1.29, 1.82) is 0 Å². The number of nitrogens with zero attached hydrogens (tertiary/aromatic N) is 2. The van der Waals surface area contributed by atoms with Crippen LogP contribution in [0.4, 0.5) is 4.79 Å². The summed E-state index contributed by atoms with van der Waals surface area (Å²) < 4.78 is 5.29. The summed E-state index contributed by atoms with van der Waals surface area (Å²) in [6.07, 6.45) is 0. The number of nitrogens with one attached hydrogen (secondary N) is 1. The zero-order valence-electron chi connectivity index (χ0n) is 14.5. The van der Waals surface area contributed by atoms with Gasteiger partial charge in [-0.15, -0.1) is 0 Å². The van der Waals surface area contributed by atoms with Crippen LogP contribution in [0.3, 0.4) is 0 Å². The maximum atomic E-state index is 11.9. The molecule has 1 aliphatic heterocycles. The molecule has 7 heteroatoms. The largest absolute Gasteiger partial charge is 0.497 e. The van der Waals surface area contributed by atoms with Crippen LogP contribution in [-0.2, 0) is 4.79 Å². The van der Waals surface area contributed by atoms with E-state index in [1.165, 1.54) is 5.56 Å². The number of carbonyl (C=O) groups is 2. The molecule has 132 valence electrons. The van der Waals surface area contributed by atoms with Crippen molar-refractivity contribution in [1.82, 2.24) is 15.1 Å². The first-order valence-electron chi connectivity index (χ1n) is 8.14. The summed E-state index contributed by atoms with van der Waals surface area (Å²) in [7, 11) is 1.67. The number of hydrogen-bond donors (Lipinski definition) is 2. The summed E-state index contributed by atoms with van der Waals surface area (Å²) >= 11 is 0. The highest BCUT2D eigenvalue weighted by Crippen LogP contribution is 2.25. The van der Waals surface area contributed by atoms with Crippen molar-refractivity contribution < 1.29 is 14.3 Å². The summed E-state index contributed by atoms with van der Waals surface area (Å²) in [6, 6.07) is 7.19. The normalized spacial score (nSPS) is 18.6. The standard InChI is InChI=1S/C17H26N4O3/c1-12(14-5-4-6-15(11-14)24-3)20-7-9-21(10-8-20)13(2)16(22)19-17(18)23/h4-6,11-13H,7-10H2,1-3H3,(H3,18,19,22,23)/t12-,13+/m1/s1. The molecule has 1 aromatic carbocycles. The van der Waals surface area contributed by atoms with Crippen LogP contribution in [-0.4, -0.2) is 61.1 Å². The van der Waals surface area contributed by atoms with E-state index in [0.29, 0.717) is 0 Å². The molecular formula is C17H26N4O3. The van der Waals surface area contributed by atoms with Crippen molar-refractivity contribution in [2.75, 3.05) is 33.3 Å². The molecule has 1 heterocycles. The third-order valence-corrected chi connectivity index (χ3v) is 4.65. The van der Waals surface area contributed by atoms with Gasteiger partial charge in [-0.05, 0) is 31.5 Å². The first kappa shape index (κ1) is 18.2. The molecule has 2 atom stereocenters. The number of primary amides is 1. The second-order valence-electron chi connectivity index (χ2n) is 6.05. The van der Waals surface area contributed by atoms with E-state index in [0.717, 1.165) is 31.9 Å². The Morgan fingerprint density at radius 2 is 1.79 bits per heavy atom. The lowest BCUT2D eigenvalue weighted by Gasteiger charge is -2.40. The quantitative estimate of drug-likeness (QED) is 0.837. The number of methoxy groups -OCH3 is 1. The van der Waals surface area contributed by atoms with Crippen LogP contribution in [0, 0.1) is 0 Å². The summed E-state index contributed by atoms with van der Waals surface area (Å²) in [4.78, 5) is 27.1. The Kier molecular flexibility index (Phi) is 6.16. The number of amides is 3. The number of benzene rings is 1. The molecular weight excluding hydrogens is 308 g/mol. The average molecular weight is 334 g/mol. The fraction of sp³-hybridized carbons (Fsp3) is 0.529. The number of hydrogen-bond acceptors (Lipinski definition) is 5. The van der Waals surface area contributed by atoms with E-state index < -0.39 is 6.03 Å². The Hall–Kier alpha value is -2.12. The van der Waals surface area contributed by atoms with Crippen LogP contribution in [0.15, 0.2) is 24.3 Å². The molecule has 7 nitrogen and oxygen atoms in total. The molecule has 1 fully saturated rings. The van der Waals surface area contributed by atoms with Crippen molar-refractivity contribution in [3.63, 3.8) is 0 Å². The van der Waals surface area contributed by atoms with Crippen LogP contribution in [0.1, 0.15) is 25.5 Å². The number of urea groups is 1. The number of rotatable bonds is 5. The third-order valence-electron chi connectivity index (χ3n) is 4.65. The van der Waals surface area contributed by atoms with E-state index in [1.54, 1.807) is 14.0 Å². The maximum Gasteiger partial charge on any atom is 0.318 e. The molecule has 0 bridgehead atoms. The number of imide groups is 1. The topological polar surface area (TPSA) is 87.9 Å². The van der Waals surface area contributed by atoms with Crippen molar-refractivity contribution in [3.05, 3.63) is 29.8 Å². The Morgan fingerprint density at radius 1 is 1.17 bits per heavy atom. The molecule has 1 aromatic rings. The van der Waals surface area contributed by atoms with Gasteiger partial charge in [-0.3, -0.25) is 19.9 Å². The molecule has 0 spiro atoms. The summed E-state index contributed by atoms with van der Waals surface area (Å²) in [6.45, 7) is 7.20. The molecule has 2 rings (SSSR count). The molecule has 0 aromatic heterocycles. The SMILES string of the molecule is COc1cccc([C@@H](C)N2CCN([C@@H](C)C(=O)NC(N)=O)CC2)c1. The number of nitrogens with two attached hydrogens (primary N) is 1. The molecule has 1 saturated heterocycles. The van der Waals surface area contributed by atoms with E-state index in [2.05, 4.69) is 34.2 Å². The highest BCUT2D eigenvalue weighted by Gasteiger charge is 2.28. The minimum Gasteiger partial charge on any atom is -0.497 e. The summed E-state index contributed by atoms with van der Waals surface area (Å²) in [5, 5.41) is 2.14. The van der Waals surface area contributed by atoms with Crippen molar-refractivity contribution >= 4 is 11.9 Å². The van der Waals surface area contributed by atoms with Gasteiger partial charge in [0.05, 0.1) is 13.2 Å². The Balaban J connectivity index is 1.92. The number of piperazine rings is 1. The van der Waals surface area contributed by atoms with Crippen molar-refractivity contribution in [3.8, 4) is 5.75 Å². The highest BCUT2D eigenvalue weighted by atomic mass is 16.5. The highest BCUT2D eigenvalue weighted by molar-refractivity contribution is 5.96. The minimum absolute atomic E-state index is 0.275. The number of ether oxygens (including phenoxy) is 1. The first-order valence-corrected chi connectivity index (χ1v) is 8.14. The van der Waals surface area contributed by atoms with Gasteiger partial charge < -0.3 is 10.5 Å². The molecule has 0 unspecified atom stereocenters. The lowest BCUT2D eigenvalue weighted by Crippen LogP contribution is -2.55. The van der Waals surface area contributed by atoms with Gasteiger partial charge in [-0.25, -0.2) is 4.79 Å². The lowest BCUT2D eigenvalue weighted by atomic mass is 10.1. The lowest BCUT2D eigenvalue weighted by molar-refractivity contribution is -0.125. The second kappa shape index (κ2) is 8.12. The van der Waals surface area contributed by atoms with Gasteiger partial charge in [0, 0.05) is 32.2 Å². The van der Waals surface area contributed by atoms with Crippen molar-refractivity contribution in [2.24, 2.45) is 5.73 Å². The summed E-state index contributed by atoms with van der Waals surface area (Å²) in [5.41, 5.74) is 6.21. The molecule has 3 amide bonds. The van der Waals surface area contributed by atoms with Gasteiger partial charge in [0.1, 0.15) is 5.75 Å². The van der Waals surface area contributed by atoms with Crippen molar-refractivity contribution in [2.45, 2.75) is 25.9 Å². The predicted octanol–water partition coefficient (Wildman–Crippen LogP) is 0.957. The predicted molar refractivity (Wildman–Crippen MR) is 91.7 cm³/mol. The Bertz CT molecular complexity index is 585. The van der Waals surface area contributed by atoms with E-state index >= 15 is 0 Å². The Labute approximate surface area is 142 Å². The third kappa shape index (κ3) is 4.46. The van der Waals surface area contributed by atoms with Crippen LogP contribution in [0.2, 0.25) is 0 Å². The average Bonchev–Trinajstić information content (AvgIpc) is 2.60. The molecule has 0 aliphatic carbocycles. The van der Waals surface area contributed by atoms with Gasteiger partial charge in [0.25, 0.3) is 0 Å². The maximum absolute atomic E-state index is 11.9. The fourth-order valence-corrected chi connectivity index (χ4v) is 3.02.